The summed E-state index contributed by atoms with van der Waals surface area (Å²) in [5, 5.41) is 14.8. The average molecular weight is 976 g/mol. The van der Waals surface area contributed by atoms with Crippen molar-refractivity contribution in [2.75, 3.05) is 70.3 Å². The van der Waals surface area contributed by atoms with Crippen LogP contribution in [0.2, 0.25) is 0 Å². The van der Waals surface area contributed by atoms with E-state index in [0.29, 0.717) is 72.9 Å². The van der Waals surface area contributed by atoms with Crippen LogP contribution in [0.1, 0.15) is 119 Å². The molecule has 71 heavy (non-hydrogen) atoms. The number of ketones is 1. The molecule has 0 spiro atoms. The third-order valence-corrected chi connectivity index (χ3v) is 14.3. The topological polar surface area (TPSA) is 219 Å². The zero-order valence-corrected chi connectivity index (χ0v) is 42.7. The number of carbonyl (C=O) groups excluding carboxylic acids is 3. The highest BCUT2D eigenvalue weighted by Crippen LogP contribution is 2.35. The standard InChI is InChI=1S/C27H37N5O3.C18H28N2O.C10H12N2O3/c1-4-19-13-21(15-29-25(19)28)30-26(33)27(34)32-16-18(2)10-11-24(32)20-7-5-9-23(14-20)35-17-22-8-6-12-31(22)3;1-14-8-9-18(19-12-14)15-5-3-7-17(11-15)21-13-16-6-4-10-20(16)2;1-2-7-3-6(5-12-9(7)11)4-8(13)10(14)15/h5,7,9,13-15,18,22,24H,4,6,8,10-12,16-17H2,1-3H3,(H2,28,29)(H,30,33);3,5,7,11,14,16,18-19H,4,6,8-10,12-13H2,1-2H3;3,5H,2,4H2,1H3,(H2,11,12)(H,14,15)/t18-,22-,24+;14-,16-,18+;/m00./s1. The van der Waals surface area contributed by atoms with Gasteiger partial charge in [0.15, 0.2) is 0 Å². The molecule has 2 amide bonds. The van der Waals surface area contributed by atoms with Gasteiger partial charge in [-0.05, 0) is 168 Å². The number of aromatic nitrogens is 2. The fourth-order valence-electron chi connectivity index (χ4n) is 9.80. The van der Waals surface area contributed by atoms with Crippen LogP contribution in [-0.2, 0) is 38.4 Å². The molecule has 4 fully saturated rings. The number of nitrogens with zero attached hydrogens (tertiary/aromatic N) is 5. The number of amides is 2. The minimum absolute atomic E-state index is 0.143. The number of pyridine rings is 2. The van der Waals surface area contributed by atoms with Crippen molar-refractivity contribution in [2.24, 2.45) is 11.8 Å². The van der Waals surface area contributed by atoms with Gasteiger partial charge in [-0.15, -0.1) is 0 Å². The molecule has 16 nitrogen and oxygen atoms in total. The number of nitrogens with two attached hydrogens (primary N) is 2. The maximum Gasteiger partial charge on any atom is 0.372 e. The summed E-state index contributed by atoms with van der Waals surface area (Å²) >= 11 is 0. The Morgan fingerprint density at radius 3 is 1.89 bits per heavy atom. The number of carboxylic acids is 1. The summed E-state index contributed by atoms with van der Waals surface area (Å²) in [5.74, 6) is 0.348. The van der Waals surface area contributed by atoms with Gasteiger partial charge in [0.1, 0.15) is 36.3 Å². The second kappa shape index (κ2) is 26.4. The predicted octanol–water partition coefficient (Wildman–Crippen LogP) is 7.28. The van der Waals surface area contributed by atoms with Gasteiger partial charge in [-0.25, -0.2) is 14.8 Å². The van der Waals surface area contributed by atoms with Gasteiger partial charge in [-0.3, -0.25) is 14.4 Å². The van der Waals surface area contributed by atoms with E-state index in [2.05, 4.69) is 82.6 Å². The van der Waals surface area contributed by atoms with Gasteiger partial charge >= 0.3 is 17.8 Å². The van der Waals surface area contributed by atoms with Crippen molar-refractivity contribution in [3.63, 3.8) is 0 Å². The summed E-state index contributed by atoms with van der Waals surface area (Å²) in [7, 11) is 4.34. The zero-order chi connectivity index (χ0) is 51.0. The predicted molar refractivity (Wildman–Crippen MR) is 278 cm³/mol. The van der Waals surface area contributed by atoms with Gasteiger partial charge in [0, 0.05) is 37.3 Å². The molecular formula is C55H77N9O7. The molecule has 0 aliphatic carbocycles. The van der Waals surface area contributed by atoms with Crippen LogP contribution < -0.4 is 31.6 Å². The minimum Gasteiger partial charge on any atom is -0.492 e. The van der Waals surface area contributed by atoms with E-state index in [1.807, 2.05) is 38.1 Å². The van der Waals surface area contributed by atoms with Crippen LogP contribution in [0, 0.1) is 11.8 Å². The Hall–Kier alpha value is -6.10. The number of ether oxygens (including phenoxy) is 2. The monoisotopic (exact) mass is 976 g/mol. The Morgan fingerprint density at radius 2 is 1.32 bits per heavy atom. The first kappa shape index (κ1) is 54.2. The molecular weight excluding hydrogens is 899 g/mol. The van der Waals surface area contributed by atoms with Crippen LogP contribution in [0.3, 0.4) is 0 Å². The number of hydrogen-bond donors (Lipinski definition) is 5. The lowest BCUT2D eigenvalue weighted by molar-refractivity contribution is -0.148. The van der Waals surface area contributed by atoms with Crippen LogP contribution >= 0.6 is 0 Å². The van der Waals surface area contributed by atoms with Gasteiger partial charge in [-0.1, -0.05) is 58.0 Å². The van der Waals surface area contributed by atoms with Crippen molar-refractivity contribution in [2.45, 2.75) is 122 Å². The van der Waals surface area contributed by atoms with Crippen molar-refractivity contribution in [1.29, 1.82) is 0 Å². The number of hydrogen-bond acceptors (Lipinski definition) is 13. The van der Waals surface area contributed by atoms with E-state index in [0.717, 1.165) is 73.1 Å². The van der Waals surface area contributed by atoms with E-state index in [4.69, 9.17) is 26.0 Å². The number of carbonyl (C=O) groups is 4. The van der Waals surface area contributed by atoms with Gasteiger partial charge in [0.2, 0.25) is 5.78 Å². The van der Waals surface area contributed by atoms with Gasteiger partial charge in [0.05, 0.1) is 17.9 Å². The zero-order valence-electron chi connectivity index (χ0n) is 42.7. The van der Waals surface area contributed by atoms with Crippen LogP contribution in [-0.4, -0.2) is 119 Å². The van der Waals surface area contributed by atoms with E-state index in [1.54, 1.807) is 17.0 Å². The van der Waals surface area contributed by atoms with E-state index >= 15 is 0 Å². The van der Waals surface area contributed by atoms with Crippen molar-refractivity contribution >= 4 is 40.9 Å². The molecule has 6 heterocycles. The number of nitrogen functional groups attached to an aromatic ring is 2. The summed E-state index contributed by atoms with van der Waals surface area (Å²) < 4.78 is 12.2. The summed E-state index contributed by atoms with van der Waals surface area (Å²) in [4.78, 5) is 62.0. The number of likely N-dealkylation sites (tertiary alicyclic amines) is 3. The lowest BCUT2D eigenvalue weighted by Crippen LogP contribution is -2.46. The lowest BCUT2D eigenvalue weighted by atomic mass is 9.89. The number of likely N-dealkylation sites (N-methyl/N-ethyl adjacent to an activating group) is 2. The highest BCUT2D eigenvalue weighted by molar-refractivity contribution is 6.39. The molecule has 4 aliphatic rings. The van der Waals surface area contributed by atoms with Crippen LogP contribution in [0.25, 0.3) is 0 Å². The van der Waals surface area contributed by atoms with Crippen molar-refractivity contribution < 1.29 is 33.8 Å². The molecule has 2 aromatic heterocycles. The molecule has 0 radical (unpaired) electrons. The minimum atomic E-state index is -1.43. The molecule has 4 aliphatic heterocycles. The number of benzene rings is 2. The molecule has 4 aromatic rings. The quantitative estimate of drug-likeness (QED) is 0.0785. The average Bonchev–Trinajstić information content (AvgIpc) is 4.00. The SMILES string of the molecule is CCc1cc(CC(=O)C(=O)O)cnc1N.CCc1cc(NC(=O)C(=O)N2C[C@@H](C)CC[C@@H]2c2cccc(OC[C@@H]3CCCN3C)c2)cnc1N.C[C@H]1CC[C@H](c2cccc(OC[C@@H]3CCCN3C)c2)NC1. The number of rotatable bonds is 14. The fourth-order valence-corrected chi connectivity index (χ4v) is 9.80. The molecule has 8 rings (SSSR count). The highest BCUT2D eigenvalue weighted by atomic mass is 16.5. The number of piperidine rings is 2. The number of Topliss-reactive ketones (excluding diaryl/α,β-unsaturated/α-hetero) is 1. The number of anilines is 3. The Kier molecular flexibility index (Phi) is 20.1. The van der Waals surface area contributed by atoms with Crippen molar-refractivity contribution in [3.05, 3.63) is 101 Å². The summed E-state index contributed by atoms with van der Waals surface area (Å²) in [6.45, 7) is 13.8. The Labute approximate surface area is 420 Å². The number of aliphatic carboxylic acids is 1. The van der Waals surface area contributed by atoms with Crippen LogP contribution in [0.4, 0.5) is 17.3 Å². The Morgan fingerprint density at radius 1 is 0.746 bits per heavy atom. The van der Waals surface area contributed by atoms with Gasteiger partial charge < -0.3 is 51.4 Å². The van der Waals surface area contributed by atoms with Gasteiger partial charge in [-0.2, -0.15) is 0 Å². The molecule has 0 unspecified atom stereocenters. The summed E-state index contributed by atoms with van der Waals surface area (Å²) in [6.07, 6.45) is 13.4. The molecule has 16 heteroatoms. The molecule has 6 atom stereocenters. The first-order chi connectivity index (χ1) is 34.1. The first-order valence-electron chi connectivity index (χ1n) is 25.6. The molecule has 0 bridgehead atoms. The number of carboxylic acid groups (broad SMARTS) is 1. The molecule has 0 saturated carbocycles. The van der Waals surface area contributed by atoms with E-state index in [1.165, 1.54) is 56.6 Å². The maximum atomic E-state index is 13.3. The molecule has 2 aromatic carbocycles. The largest absolute Gasteiger partial charge is 0.492 e. The maximum absolute atomic E-state index is 13.3. The van der Waals surface area contributed by atoms with E-state index < -0.39 is 23.6 Å². The third kappa shape index (κ3) is 15.7. The smallest absolute Gasteiger partial charge is 0.372 e. The molecule has 4 saturated heterocycles. The highest BCUT2D eigenvalue weighted by Gasteiger charge is 2.35. The fraction of sp³-hybridized carbons (Fsp3) is 0.527. The van der Waals surface area contributed by atoms with E-state index in [-0.39, 0.29) is 12.5 Å². The third-order valence-electron chi connectivity index (χ3n) is 14.3. The molecule has 7 N–H and O–H groups in total. The summed E-state index contributed by atoms with van der Waals surface area (Å²) in [5.41, 5.74) is 16.5. The summed E-state index contributed by atoms with van der Waals surface area (Å²) in [6, 6.07) is 21.5. The van der Waals surface area contributed by atoms with Crippen LogP contribution in [0.15, 0.2) is 73.1 Å². The van der Waals surface area contributed by atoms with E-state index in [9.17, 15) is 19.2 Å². The van der Waals surface area contributed by atoms with Crippen molar-refractivity contribution in [3.8, 4) is 11.5 Å². The van der Waals surface area contributed by atoms with Crippen molar-refractivity contribution in [1.82, 2.24) is 30.0 Å². The number of aryl methyl sites for hydroxylation is 2. The first-order valence-corrected chi connectivity index (χ1v) is 25.6. The Bertz CT molecular complexity index is 2410. The lowest BCUT2D eigenvalue weighted by Gasteiger charge is -2.38. The Balaban J connectivity index is 0.000000194. The molecule has 384 valence electrons. The van der Waals surface area contributed by atoms with Gasteiger partial charge in [0.25, 0.3) is 0 Å². The van der Waals surface area contributed by atoms with Crippen LogP contribution in [0.5, 0.6) is 11.5 Å². The normalized spacial score (nSPS) is 22.3. The second-order valence-electron chi connectivity index (χ2n) is 19.8. The number of nitrogens with one attached hydrogen (secondary N) is 2. The second-order valence-corrected chi connectivity index (χ2v) is 19.8.